The number of nitrogens with zero attached hydrogens (tertiary/aromatic N) is 1. The van der Waals surface area contributed by atoms with Crippen molar-refractivity contribution in [3.05, 3.63) is 62.9 Å². The van der Waals surface area contributed by atoms with Gasteiger partial charge in [0.05, 0.1) is 21.1 Å². The fraction of sp³-hybridized carbons (Fsp3) is 0.267. The van der Waals surface area contributed by atoms with Crippen LogP contribution < -0.4 is 5.32 Å². The Bertz CT molecular complexity index is 587. The molecule has 0 bridgehead atoms. The first-order valence-corrected chi connectivity index (χ1v) is 7.54. The number of pyridine rings is 1. The van der Waals surface area contributed by atoms with Crippen LogP contribution in [0.1, 0.15) is 30.5 Å². The molecule has 0 saturated carbocycles. The van der Waals surface area contributed by atoms with Gasteiger partial charge < -0.3 is 5.32 Å². The maximum Gasteiger partial charge on any atom is 0.0640 e. The Morgan fingerprint density at radius 2 is 1.90 bits per heavy atom. The highest BCUT2D eigenvalue weighted by Crippen LogP contribution is 2.31. The molecule has 2 rings (SSSR count). The second-order valence-electron chi connectivity index (χ2n) is 4.46. The Morgan fingerprint density at radius 3 is 2.55 bits per heavy atom. The molecule has 1 heterocycles. The predicted molar refractivity (Wildman–Crippen MR) is 85.8 cm³/mol. The summed E-state index contributed by atoms with van der Waals surface area (Å²) in [6.07, 6.45) is 4.41. The molecule has 0 spiro atoms. The van der Waals surface area contributed by atoms with E-state index in [0.717, 1.165) is 24.1 Å². The third-order valence-electron chi connectivity index (χ3n) is 2.99. The second-order valence-corrected chi connectivity index (χ2v) is 5.68. The van der Waals surface area contributed by atoms with Gasteiger partial charge in [-0.05, 0) is 42.3 Å². The molecule has 0 aliphatic carbocycles. The molecule has 1 atom stereocenters. The van der Waals surface area contributed by atoms with Crippen molar-refractivity contribution < 1.29 is 0 Å². The Hall–Kier alpha value is -0.800. The van der Waals surface area contributed by atoms with Crippen molar-refractivity contribution >= 4 is 34.8 Å². The van der Waals surface area contributed by atoms with Gasteiger partial charge >= 0.3 is 0 Å². The number of nitrogens with one attached hydrogen (secondary N) is 1. The minimum Gasteiger partial charge on any atom is -0.306 e. The molecule has 106 valence electrons. The molecule has 1 N–H and O–H groups in total. The van der Waals surface area contributed by atoms with E-state index < -0.39 is 0 Å². The van der Waals surface area contributed by atoms with E-state index in [1.54, 1.807) is 18.5 Å². The Labute approximate surface area is 134 Å². The standard InChI is InChI=1S/C15H15Cl3N2/c1-2-6-20-15(11-5-7-19-9-14(11)18)10-3-4-12(16)13(17)8-10/h3-5,7-9,15,20H,2,6H2,1H3. The molecule has 0 amide bonds. The first kappa shape index (κ1) is 15.6. The minimum atomic E-state index is -0.0276. The predicted octanol–water partition coefficient (Wildman–Crippen LogP) is 5.13. The lowest BCUT2D eigenvalue weighted by Crippen LogP contribution is -2.23. The van der Waals surface area contributed by atoms with Crippen molar-refractivity contribution in [2.45, 2.75) is 19.4 Å². The van der Waals surface area contributed by atoms with Gasteiger partial charge in [0.1, 0.15) is 0 Å². The van der Waals surface area contributed by atoms with Crippen LogP contribution >= 0.6 is 34.8 Å². The summed E-state index contributed by atoms with van der Waals surface area (Å²) in [4.78, 5) is 4.03. The third-order valence-corrected chi connectivity index (χ3v) is 4.05. The van der Waals surface area contributed by atoms with Crippen LogP contribution in [0.2, 0.25) is 15.1 Å². The molecular weight excluding hydrogens is 315 g/mol. The molecule has 1 aromatic carbocycles. The van der Waals surface area contributed by atoms with Crippen molar-refractivity contribution in [1.82, 2.24) is 10.3 Å². The van der Waals surface area contributed by atoms with Crippen LogP contribution in [-0.4, -0.2) is 11.5 Å². The van der Waals surface area contributed by atoms with Crippen LogP contribution in [0.25, 0.3) is 0 Å². The number of aromatic nitrogens is 1. The molecule has 0 fully saturated rings. The van der Waals surface area contributed by atoms with Gasteiger partial charge in [0.15, 0.2) is 0 Å². The van der Waals surface area contributed by atoms with Crippen molar-refractivity contribution in [3.63, 3.8) is 0 Å². The van der Waals surface area contributed by atoms with Crippen molar-refractivity contribution in [3.8, 4) is 0 Å². The van der Waals surface area contributed by atoms with Gasteiger partial charge in [-0.25, -0.2) is 0 Å². The van der Waals surface area contributed by atoms with Gasteiger partial charge in [-0.2, -0.15) is 0 Å². The monoisotopic (exact) mass is 328 g/mol. The summed E-state index contributed by atoms with van der Waals surface area (Å²) < 4.78 is 0. The fourth-order valence-electron chi connectivity index (χ4n) is 2.01. The molecular formula is C15H15Cl3N2. The van der Waals surface area contributed by atoms with Crippen LogP contribution in [0.15, 0.2) is 36.7 Å². The number of rotatable bonds is 5. The van der Waals surface area contributed by atoms with Crippen molar-refractivity contribution in [2.24, 2.45) is 0 Å². The average molecular weight is 330 g/mol. The van der Waals surface area contributed by atoms with Crippen LogP contribution in [0.4, 0.5) is 0 Å². The highest BCUT2D eigenvalue weighted by Gasteiger charge is 2.17. The fourth-order valence-corrected chi connectivity index (χ4v) is 2.54. The van der Waals surface area contributed by atoms with E-state index in [1.165, 1.54) is 0 Å². The molecule has 0 aliphatic rings. The van der Waals surface area contributed by atoms with Crippen LogP contribution in [0.3, 0.4) is 0 Å². The zero-order valence-electron chi connectivity index (χ0n) is 11.0. The van der Waals surface area contributed by atoms with Crippen LogP contribution in [0.5, 0.6) is 0 Å². The average Bonchev–Trinajstić information content (AvgIpc) is 2.44. The molecule has 0 radical (unpaired) electrons. The lowest BCUT2D eigenvalue weighted by atomic mass is 9.99. The quantitative estimate of drug-likeness (QED) is 0.822. The summed E-state index contributed by atoms with van der Waals surface area (Å²) in [5.74, 6) is 0. The summed E-state index contributed by atoms with van der Waals surface area (Å²) in [6.45, 7) is 3.00. The molecule has 2 aromatic rings. The summed E-state index contributed by atoms with van der Waals surface area (Å²) in [7, 11) is 0. The Morgan fingerprint density at radius 1 is 1.10 bits per heavy atom. The SMILES string of the molecule is CCCNC(c1ccc(Cl)c(Cl)c1)c1ccncc1Cl. The van der Waals surface area contributed by atoms with E-state index in [0.29, 0.717) is 15.1 Å². The third kappa shape index (κ3) is 3.64. The van der Waals surface area contributed by atoms with E-state index in [4.69, 9.17) is 34.8 Å². The van der Waals surface area contributed by atoms with E-state index in [-0.39, 0.29) is 6.04 Å². The zero-order chi connectivity index (χ0) is 14.5. The van der Waals surface area contributed by atoms with Gasteiger partial charge in [0.25, 0.3) is 0 Å². The van der Waals surface area contributed by atoms with E-state index >= 15 is 0 Å². The van der Waals surface area contributed by atoms with Crippen molar-refractivity contribution in [2.75, 3.05) is 6.54 Å². The van der Waals surface area contributed by atoms with Gasteiger partial charge in [-0.3, -0.25) is 4.98 Å². The molecule has 0 saturated heterocycles. The first-order valence-electron chi connectivity index (χ1n) is 6.41. The molecule has 5 heteroatoms. The van der Waals surface area contributed by atoms with Crippen molar-refractivity contribution in [1.29, 1.82) is 0 Å². The van der Waals surface area contributed by atoms with Crippen LogP contribution in [-0.2, 0) is 0 Å². The second kappa shape index (κ2) is 7.28. The Kier molecular flexibility index (Phi) is 5.67. The molecule has 1 aromatic heterocycles. The molecule has 20 heavy (non-hydrogen) atoms. The topological polar surface area (TPSA) is 24.9 Å². The zero-order valence-corrected chi connectivity index (χ0v) is 13.3. The summed E-state index contributed by atoms with van der Waals surface area (Å²) in [5, 5.41) is 5.19. The number of hydrogen-bond donors (Lipinski definition) is 1. The summed E-state index contributed by atoms with van der Waals surface area (Å²) in [5.41, 5.74) is 2.01. The minimum absolute atomic E-state index is 0.0276. The van der Waals surface area contributed by atoms with E-state index in [9.17, 15) is 0 Å². The van der Waals surface area contributed by atoms with Gasteiger partial charge in [0, 0.05) is 12.4 Å². The van der Waals surface area contributed by atoms with E-state index in [2.05, 4.69) is 17.2 Å². The smallest absolute Gasteiger partial charge is 0.0640 e. The number of benzene rings is 1. The largest absolute Gasteiger partial charge is 0.306 e. The summed E-state index contributed by atoms with van der Waals surface area (Å²) in [6, 6.07) is 7.51. The highest BCUT2D eigenvalue weighted by molar-refractivity contribution is 6.42. The maximum atomic E-state index is 6.26. The normalized spacial score (nSPS) is 12.4. The molecule has 2 nitrogen and oxygen atoms in total. The molecule has 0 aliphatic heterocycles. The summed E-state index contributed by atoms with van der Waals surface area (Å²) >= 11 is 18.4. The van der Waals surface area contributed by atoms with Gasteiger partial charge in [-0.15, -0.1) is 0 Å². The molecule has 1 unspecified atom stereocenters. The van der Waals surface area contributed by atoms with Gasteiger partial charge in [0.2, 0.25) is 0 Å². The number of hydrogen-bond acceptors (Lipinski definition) is 2. The van der Waals surface area contributed by atoms with E-state index in [1.807, 2.05) is 18.2 Å². The van der Waals surface area contributed by atoms with Crippen LogP contribution in [0, 0.1) is 0 Å². The lowest BCUT2D eigenvalue weighted by molar-refractivity contribution is 0.598. The van der Waals surface area contributed by atoms with Gasteiger partial charge in [-0.1, -0.05) is 47.8 Å². The lowest BCUT2D eigenvalue weighted by Gasteiger charge is -2.21. The highest BCUT2D eigenvalue weighted by atomic mass is 35.5. The number of halogens is 3. The maximum absolute atomic E-state index is 6.26. The Balaban J connectivity index is 2.41. The first-order chi connectivity index (χ1) is 9.63.